The number of para-hydroxylation sites is 2. The first kappa shape index (κ1) is 17.0. The van der Waals surface area contributed by atoms with Crippen molar-refractivity contribution >= 4 is 17.1 Å². The molecule has 0 bridgehead atoms. The predicted octanol–water partition coefficient (Wildman–Crippen LogP) is 3.35. The van der Waals surface area contributed by atoms with Gasteiger partial charge in [0.2, 0.25) is 0 Å². The maximum absolute atomic E-state index is 12.5. The maximum Gasteiger partial charge on any atom is 0.318 e. The van der Waals surface area contributed by atoms with E-state index in [-0.39, 0.29) is 12.1 Å². The van der Waals surface area contributed by atoms with Gasteiger partial charge in [-0.1, -0.05) is 18.2 Å². The van der Waals surface area contributed by atoms with Crippen molar-refractivity contribution in [3.8, 4) is 0 Å². The molecule has 1 aromatic carbocycles. The second-order valence-corrected chi connectivity index (χ2v) is 6.04. The first-order valence-corrected chi connectivity index (χ1v) is 8.47. The summed E-state index contributed by atoms with van der Waals surface area (Å²) in [6.07, 6.45) is 1.73. The fourth-order valence-electron chi connectivity index (χ4n) is 2.88. The van der Waals surface area contributed by atoms with Crippen molar-refractivity contribution in [2.24, 2.45) is 0 Å². The Morgan fingerprint density at radius 1 is 1.24 bits per heavy atom. The minimum atomic E-state index is -0.152. The SMILES string of the molecule is CCn1c(CN(C)C(=O)NC(C)c2ccccn2)nc2ccccc21. The number of aryl methyl sites for hydroxylation is 1. The Morgan fingerprint density at radius 2 is 2.00 bits per heavy atom. The van der Waals surface area contributed by atoms with Gasteiger partial charge < -0.3 is 14.8 Å². The molecule has 25 heavy (non-hydrogen) atoms. The molecule has 0 fully saturated rings. The van der Waals surface area contributed by atoms with Crippen LogP contribution in [0.1, 0.15) is 31.4 Å². The fourth-order valence-corrected chi connectivity index (χ4v) is 2.88. The van der Waals surface area contributed by atoms with Gasteiger partial charge in [-0.05, 0) is 38.1 Å². The van der Waals surface area contributed by atoms with E-state index in [9.17, 15) is 4.79 Å². The molecule has 3 aromatic rings. The standard InChI is InChI=1S/C19H23N5O/c1-4-24-17-11-6-5-10-16(17)22-18(24)13-23(3)19(25)21-14(2)15-9-7-8-12-20-15/h5-12,14H,4,13H2,1-3H3,(H,21,25). The topological polar surface area (TPSA) is 63.1 Å². The number of benzene rings is 1. The van der Waals surface area contributed by atoms with E-state index >= 15 is 0 Å². The van der Waals surface area contributed by atoms with Gasteiger partial charge in [0.1, 0.15) is 5.82 Å². The van der Waals surface area contributed by atoms with Crippen molar-refractivity contribution in [1.82, 2.24) is 24.8 Å². The summed E-state index contributed by atoms with van der Waals surface area (Å²) in [6.45, 7) is 5.27. The van der Waals surface area contributed by atoms with E-state index in [1.54, 1.807) is 18.1 Å². The summed E-state index contributed by atoms with van der Waals surface area (Å²) in [5.41, 5.74) is 2.88. The van der Waals surface area contributed by atoms with Crippen LogP contribution >= 0.6 is 0 Å². The number of aromatic nitrogens is 3. The van der Waals surface area contributed by atoms with Gasteiger partial charge in [-0.2, -0.15) is 0 Å². The first-order chi connectivity index (χ1) is 12.1. The number of fused-ring (bicyclic) bond motifs is 1. The van der Waals surface area contributed by atoms with Gasteiger partial charge in [0.15, 0.2) is 0 Å². The van der Waals surface area contributed by atoms with Gasteiger partial charge in [0, 0.05) is 19.8 Å². The molecule has 0 aliphatic rings. The van der Waals surface area contributed by atoms with Crippen LogP contribution in [0, 0.1) is 0 Å². The second-order valence-electron chi connectivity index (χ2n) is 6.04. The molecule has 3 rings (SSSR count). The van der Waals surface area contributed by atoms with Crippen LogP contribution in [0.25, 0.3) is 11.0 Å². The molecule has 0 spiro atoms. The second kappa shape index (κ2) is 7.34. The molecule has 0 aliphatic heterocycles. The average molecular weight is 337 g/mol. The Morgan fingerprint density at radius 3 is 2.72 bits per heavy atom. The van der Waals surface area contributed by atoms with Crippen molar-refractivity contribution in [3.63, 3.8) is 0 Å². The van der Waals surface area contributed by atoms with Crippen LogP contribution in [-0.4, -0.2) is 32.5 Å². The number of nitrogens with zero attached hydrogens (tertiary/aromatic N) is 4. The Bertz CT molecular complexity index is 859. The summed E-state index contributed by atoms with van der Waals surface area (Å²) in [4.78, 5) is 23.1. The van der Waals surface area contributed by atoms with Gasteiger partial charge in [-0.25, -0.2) is 9.78 Å². The molecule has 2 heterocycles. The van der Waals surface area contributed by atoms with E-state index in [4.69, 9.17) is 0 Å². The highest BCUT2D eigenvalue weighted by Gasteiger charge is 2.17. The molecule has 1 atom stereocenters. The third kappa shape index (κ3) is 3.63. The van der Waals surface area contributed by atoms with Crippen LogP contribution in [0.4, 0.5) is 4.79 Å². The average Bonchev–Trinajstić information content (AvgIpc) is 2.99. The highest BCUT2D eigenvalue weighted by molar-refractivity contribution is 5.77. The van der Waals surface area contributed by atoms with Gasteiger partial charge in [0.25, 0.3) is 0 Å². The van der Waals surface area contributed by atoms with Crippen molar-refractivity contribution in [2.75, 3.05) is 7.05 Å². The number of nitrogens with one attached hydrogen (secondary N) is 1. The van der Waals surface area contributed by atoms with Crippen molar-refractivity contribution in [2.45, 2.75) is 33.0 Å². The molecule has 6 heteroatoms. The monoisotopic (exact) mass is 337 g/mol. The predicted molar refractivity (Wildman–Crippen MR) is 98.1 cm³/mol. The lowest BCUT2D eigenvalue weighted by Crippen LogP contribution is -2.38. The number of carbonyl (C=O) groups excluding carboxylic acids is 1. The lowest BCUT2D eigenvalue weighted by atomic mass is 10.2. The third-order valence-corrected chi connectivity index (χ3v) is 4.25. The first-order valence-electron chi connectivity index (χ1n) is 8.47. The van der Waals surface area contributed by atoms with E-state index in [0.717, 1.165) is 29.1 Å². The lowest BCUT2D eigenvalue weighted by Gasteiger charge is -2.21. The molecular formula is C19H23N5O. The van der Waals surface area contributed by atoms with E-state index < -0.39 is 0 Å². The zero-order valence-electron chi connectivity index (χ0n) is 14.8. The van der Waals surface area contributed by atoms with Crippen LogP contribution in [0.15, 0.2) is 48.7 Å². The number of carbonyl (C=O) groups is 1. The summed E-state index contributed by atoms with van der Waals surface area (Å²) < 4.78 is 2.14. The summed E-state index contributed by atoms with van der Waals surface area (Å²) in [5, 5.41) is 2.97. The Kier molecular flexibility index (Phi) is 4.97. The van der Waals surface area contributed by atoms with E-state index in [1.807, 2.05) is 43.3 Å². The van der Waals surface area contributed by atoms with Crippen molar-refractivity contribution in [1.29, 1.82) is 0 Å². The molecule has 1 unspecified atom stereocenters. The molecule has 130 valence electrons. The molecule has 0 radical (unpaired) electrons. The molecule has 1 N–H and O–H groups in total. The molecule has 6 nitrogen and oxygen atoms in total. The Balaban J connectivity index is 1.71. The summed E-state index contributed by atoms with van der Waals surface area (Å²) in [7, 11) is 1.78. The Hall–Kier alpha value is -2.89. The molecule has 2 amide bonds. The van der Waals surface area contributed by atoms with Crippen LogP contribution in [0.2, 0.25) is 0 Å². The highest BCUT2D eigenvalue weighted by Crippen LogP contribution is 2.17. The molecule has 0 saturated carbocycles. The number of imidazole rings is 1. The smallest absolute Gasteiger partial charge is 0.318 e. The zero-order chi connectivity index (χ0) is 17.8. The van der Waals surface area contributed by atoms with Gasteiger partial charge in [-0.3, -0.25) is 4.98 Å². The van der Waals surface area contributed by atoms with Crippen LogP contribution in [0.3, 0.4) is 0 Å². The summed E-state index contributed by atoms with van der Waals surface area (Å²) in [5.74, 6) is 0.881. The molecule has 0 saturated heterocycles. The largest absolute Gasteiger partial charge is 0.330 e. The number of rotatable bonds is 5. The van der Waals surface area contributed by atoms with Crippen molar-refractivity contribution < 1.29 is 4.79 Å². The Labute approximate surface area is 147 Å². The van der Waals surface area contributed by atoms with Crippen LogP contribution < -0.4 is 5.32 Å². The van der Waals surface area contributed by atoms with E-state index in [2.05, 4.69) is 32.8 Å². The number of urea groups is 1. The molecule has 0 aliphatic carbocycles. The van der Waals surface area contributed by atoms with Crippen LogP contribution in [0.5, 0.6) is 0 Å². The minimum absolute atomic E-state index is 0.145. The number of pyridine rings is 1. The fraction of sp³-hybridized carbons (Fsp3) is 0.316. The lowest BCUT2D eigenvalue weighted by molar-refractivity contribution is 0.201. The maximum atomic E-state index is 12.5. The van der Waals surface area contributed by atoms with Crippen LogP contribution in [-0.2, 0) is 13.1 Å². The quantitative estimate of drug-likeness (QED) is 0.776. The van der Waals surface area contributed by atoms with Gasteiger partial charge in [-0.15, -0.1) is 0 Å². The normalized spacial score (nSPS) is 12.1. The highest BCUT2D eigenvalue weighted by atomic mass is 16.2. The zero-order valence-corrected chi connectivity index (χ0v) is 14.8. The number of amides is 2. The van der Waals surface area contributed by atoms with E-state index in [1.165, 1.54) is 0 Å². The van der Waals surface area contributed by atoms with E-state index in [0.29, 0.717) is 6.54 Å². The van der Waals surface area contributed by atoms with Crippen molar-refractivity contribution in [3.05, 3.63) is 60.2 Å². The third-order valence-electron chi connectivity index (χ3n) is 4.25. The number of hydrogen-bond donors (Lipinski definition) is 1. The number of hydrogen-bond acceptors (Lipinski definition) is 3. The minimum Gasteiger partial charge on any atom is -0.330 e. The summed E-state index contributed by atoms with van der Waals surface area (Å²) in [6, 6.07) is 13.4. The van der Waals surface area contributed by atoms with Gasteiger partial charge >= 0.3 is 6.03 Å². The molecule has 2 aromatic heterocycles. The summed E-state index contributed by atoms with van der Waals surface area (Å²) >= 11 is 0. The molecular weight excluding hydrogens is 314 g/mol. The van der Waals surface area contributed by atoms with Gasteiger partial charge in [0.05, 0.1) is 29.3 Å².